The Morgan fingerprint density at radius 2 is 1.78 bits per heavy atom. The summed E-state index contributed by atoms with van der Waals surface area (Å²) in [5.41, 5.74) is 1.11. The number of ether oxygens (including phenoxy) is 2. The van der Waals surface area contributed by atoms with Crippen molar-refractivity contribution in [3.63, 3.8) is 0 Å². The number of aryl methyl sites for hydroxylation is 1. The number of benzene rings is 2. The number of fused-ring (bicyclic) bond motifs is 1. The van der Waals surface area contributed by atoms with E-state index in [0.717, 1.165) is 12.8 Å². The van der Waals surface area contributed by atoms with E-state index < -0.39 is 16.0 Å². The summed E-state index contributed by atoms with van der Waals surface area (Å²) < 4.78 is 39.5. The van der Waals surface area contributed by atoms with Crippen LogP contribution in [-0.4, -0.2) is 36.2 Å². The van der Waals surface area contributed by atoms with Gasteiger partial charge in [-0.15, -0.1) is 0 Å². The van der Waals surface area contributed by atoms with Crippen LogP contribution in [0.25, 0.3) is 10.9 Å². The molecular formula is C24H29NO6S. The average Bonchev–Trinajstić information content (AvgIpc) is 3.11. The Morgan fingerprint density at radius 3 is 2.41 bits per heavy atom. The lowest BCUT2D eigenvalue weighted by Crippen LogP contribution is -2.12. The van der Waals surface area contributed by atoms with Crippen LogP contribution < -0.4 is 9.47 Å². The molecular weight excluding hydrogens is 430 g/mol. The van der Waals surface area contributed by atoms with E-state index in [2.05, 4.69) is 6.92 Å². The predicted molar refractivity (Wildman–Crippen MR) is 123 cm³/mol. The van der Waals surface area contributed by atoms with Gasteiger partial charge in [0, 0.05) is 24.1 Å². The number of carbonyl (C=O) groups is 1. The maximum Gasteiger partial charge on any atom is 0.303 e. The Labute approximate surface area is 188 Å². The molecule has 0 radical (unpaired) electrons. The van der Waals surface area contributed by atoms with Gasteiger partial charge in [0.25, 0.3) is 10.0 Å². The van der Waals surface area contributed by atoms with E-state index in [-0.39, 0.29) is 23.8 Å². The second-order valence-corrected chi connectivity index (χ2v) is 9.68. The zero-order valence-electron chi connectivity index (χ0n) is 18.6. The van der Waals surface area contributed by atoms with E-state index >= 15 is 0 Å². The summed E-state index contributed by atoms with van der Waals surface area (Å²) in [7, 11) is -3.91. The van der Waals surface area contributed by atoms with Crippen LogP contribution in [0.15, 0.2) is 53.6 Å². The molecule has 172 valence electrons. The Hall–Kier alpha value is -3.00. The summed E-state index contributed by atoms with van der Waals surface area (Å²) in [4.78, 5) is 11.2. The summed E-state index contributed by atoms with van der Waals surface area (Å²) in [6, 6.07) is 11.6. The topological polar surface area (TPSA) is 94.8 Å². The van der Waals surface area contributed by atoms with Gasteiger partial charge in [-0.1, -0.05) is 13.3 Å². The molecule has 1 heterocycles. The monoisotopic (exact) mass is 459 g/mol. The molecule has 0 fully saturated rings. The standard InChI is InChI=1S/C24H29NO6S/c1-4-5-14-30-19-7-10-21(11-8-19)32(28,29)25-16-18(6-13-24(26)27)22-12-9-20(15-23(22)25)31-17(2)3/h7-12,15-17H,4-6,13-14H2,1-3H3,(H,26,27). The third-order valence-electron chi connectivity index (χ3n) is 4.95. The number of aliphatic carboxylic acids is 1. The van der Waals surface area contributed by atoms with Crippen LogP contribution >= 0.6 is 0 Å². The Bertz CT molecular complexity index is 1180. The van der Waals surface area contributed by atoms with Crippen molar-refractivity contribution in [2.24, 2.45) is 0 Å². The predicted octanol–water partition coefficient (Wildman–Crippen LogP) is 4.86. The second-order valence-electron chi connectivity index (χ2n) is 7.87. The van der Waals surface area contributed by atoms with E-state index in [9.17, 15) is 13.2 Å². The van der Waals surface area contributed by atoms with Crippen molar-refractivity contribution in [2.45, 2.75) is 57.5 Å². The molecule has 2 aromatic carbocycles. The van der Waals surface area contributed by atoms with E-state index in [0.29, 0.717) is 34.6 Å². The highest BCUT2D eigenvalue weighted by Gasteiger charge is 2.22. The van der Waals surface area contributed by atoms with E-state index in [1.165, 1.54) is 22.3 Å². The molecule has 32 heavy (non-hydrogen) atoms. The zero-order chi connectivity index (χ0) is 23.3. The quantitative estimate of drug-likeness (QED) is 0.412. The fraction of sp³-hybridized carbons (Fsp3) is 0.375. The first-order valence-corrected chi connectivity index (χ1v) is 12.2. The fourth-order valence-corrected chi connectivity index (χ4v) is 4.77. The van der Waals surface area contributed by atoms with Gasteiger partial charge < -0.3 is 14.6 Å². The summed E-state index contributed by atoms with van der Waals surface area (Å²) >= 11 is 0. The van der Waals surface area contributed by atoms with E-state index in [1.54, 1.807) is 30.3 Å². The number of hydrogen-bond acceptors (Lipinski definition) is 5. The van der Waals surface area contributed by atoms with Gasteiger partial charge in [0.05, 0.1) is 23.1 Å². The van der Waals surface area contributed by atoms with Crippen molar-refractivity contribution in [1.82, 2.24) is 3.97 Å². The molecule has 0 amide bonds. The minimum atomic E-state index is -3.91. The number of unbranched alkanes of at least 4 members (excludes halogenated alkanes) is 1. The van der Waals surface area contributed by atoms with Crippen LogP contribution in [0.2, 0.25) is 0 Å². The molecule has 8 heteroatoms. The van der Waals surface area contributed by atoms with Crippen molar-refractivity contribution < 1.29 is 27.8 Å². The van der Waals surface area contributed by atoms with E-state index in [1.807, 2.05) is 13.8 Å². The molecule has 3 rings (SSSR count). The Kier molecular flexibility index (Phi) is 7.45. The molecule has 0 bridgehead atoms. The molecule has 0 saturated heterocycles. The average molecular weight is 460 g/mol. The van der Waals surface area contributed by atoms with Crippen LogP contribution in [0, 0.1) is 0 Å². The van der Waals surface area contributed by atoms with Gasteiger partial charge in [-0.2, -0.15) is 0 Å². The summed E-state index contributed by atoms with van der Waals surface area (Å²) in [6.07, 6.45) is 3.51. The van der Waals surface area contributed by atoms with Crippen LogP contribution in [0.1, 0.15) is 45.6 Å². The first-order chi connectivity index (χ1) is 15.2. The van der Waals surface area contributed by atoms with Gasteiger partial charge in [-0.05, 0) is 68.7 Å². The van der Waals surface area contributed by atoms with Crippen molar-refractivity contribution in [3.8, 4) is 11.5 Å². The highest BCUT2D eigenvalue weighted by Crippen LogP contribution is 2.31. The fourth-order valence-electron chi connectivity index (χ4n) is 3.39. The number of hydrogen-bond donors (Lipinski definition) is 1. The highest BCUT2D eigenvalue weighted by molar-refractivity contribution is 7.90. The van der Waals surface area contributed by atoms with Crippen molar-refractivity contribution in [1.29, 1.82) is 0 Å². The third-order valence-corrected chi connectivity index (χ3v) is 6.64. The van der Waals surface area contributed by atoms with Gasteiger partial charge in [0.2, 0.25) is 0 Å². The van der Waals surface area contributed by atoms with Gasteiger partial charge >= 0.3 is 5.97 Å². The van der Waals surface area contributed by atoms with Crippen molar-refractivity contribution in [2.75, 3.05) is 6.61 Å². The highest BCUT2D eigenvalue weighted by atomic mass is 32.2. The molecule has 1 aromatic heterocycles. The van der Waals surface area contributed by atoms with Crippen LogP contribution in [0.4, 0.5) is 0 Å². The first kappa shape index (κ1) is 23.7. The van der Waals surface area contributed by atoms with Gasteiger partial charge in [-0.25, -0.2) is 12.4 Å². The maximum atomic E-state index is 13.5. The molecule has 7 nitrogen and oxygen atoms in total. The molecule has 0 spiro atoms. The second kappa shape index (κ2) is 10.1. The molecule has 0 unspecified atom stereocenters. The molecule has 0 saturated carbocycles. The van der Waals surface area contributed by atoms with Gasteiger partial charge in [0.15, 0.2) is 0 Å². The molecule has 1 N–H and O–H groups in total. The Morgan fingerprint density at radius 1 is 1.09 bits per heavy atom. The lowest BCUT2D eigenvalue weighted by Gasteiger charge is -2.12. The van der Waals surface area contributed by atoms with Crippen LogP contribution in [0.5, 0.6) is 11.5 Å². The molecule has 0 aliphatic rings. The minimum absolute atomic E-state index is 0.0702. The number of nitrogens with zero attached hydrogens (tertiary/aromatic N) is 1. The van der Waals surface area contributed by atoms with E-state index in [4.69, 9.17) is 14.6 Å². The Balaban J connectivity index is 2.03. The number of aromatic nitrogens is 1. The summed E-state index contributed by atoms with van der Waals surface area (Å²) in [5.74, 6) is 0.225. The molecule has 0 aliphatic heterocycles. The lowest BCUT2D eigenvalue weighted by atomic mass is 10.1. The zero-order valence-corrected chi connectivity index (χ0v) is 19.4. The number of carboxylic acids is 1. The molecule has 0 atom stereocenters. The number of rotatable bonds is 11. The summed E-state index contributed by atoms with van der Waals surface area (Å²) in [6.45, 7) is 6.43. The van der Waals surface area contributed by atoms with Crippen molar-refractivity contribution in [3.05, 3.63) is 54.2 Å². The lowest BCUT2D eigenvalue weighted by molar-refractivity contribution is -0.136. The molecule has 3 aromatic rings. The van der Waals surface area contributed by atoms with Gasteiger partial charge in [0.1, 0.15) is 11.5 Å². The van der Waals surface area contributed by atoms with Crippen LogP contribution in [-0.2, 0) is 21.2 Å². The van der Waals surface area contributed by atoms with Crippen LogP contribution in [0.3, 0.4) is 0 Å². The van der Waals surface area contributed by atoms with Gasteiger partial charge in [-0.3, -0.25) is 4.79 Å². The first-order valence-electron chi connectivity index (χ1n) is 10.7. The third kappa shape index (κ3) is 5.43. The molecule has 0 aliphatic carbocycles. The smallest absolute Gasteiger partial charge is 0.303 e. The number of carboxylic acid groups (broad SMARTS) is 1. The van der Waals surface area contributed by atoms with Crippen molar-refractivity contribution >= 4 is 26.9 Å². The largest absolute Gasteiger partial charge is 0.494 e. The summed E-state index contributed by atoms with van der Waals surface area (Å²) in [5, 5.41) is 9.77. The SMILES string of the molecule is CCCCOc1ccc(S(=O)(=O)n2cc(CCC(=O)O)c3ccc(OC(C)C)cc32)cc1. The normalized spacial score (nSPS) is 11.8. The maximum absolute atomic E-state index is 13.5. The minimum Gasteiger partial charge on any atom is -0.494 e.